The van der Waals surface area contributed by atoms with Crippen molar-refractivity contribution < 1.29 is 22.0 Å². The number of sulfonamides is 1. The number of halogens is 2. The minimum atomic E-state index is -3.50. The molecule has 1 amide bonds. The van der Waals surface area contributed by atoms with Crippen LogP contribution in [-0.2, 0) is 26.8 Å². The fourth-order valence-corrected chi connectivity index (χ4v) is 4.09. The quantitative estimate of drug-likeness (QED) is 0.707. The first-order valence-corrected chi connectivity index (χ1v) is 10.6. The zero-order valence-corrected chi connectivity index (χ0v) is 16.3. The number of hydrogen-bond acceptors (Lipinski definition) is 3. The summed E-state index contributed by atoms with van der Waals surface area (Å²) in [7, 11) is -1.96. The maximum Gasteiger partial charge on any atom is 0.219 e. The van der Waals surface area contributed by atoms with Gasteiger partial charge >= 0.3 is 0 Å². The summed E-state index contributed by atoms with van der Waals surface area (Å²) in [6.07, 6.45) is 3.79. The maximum absolute atomic E-state index is 14.7. The Bertz CT molecular complexity index is 777. The van der Waals surface area contributed by atoms with Gasteiger partial charge in [0.1, 0.15) is 11.6 Å². The van der Waals surface area contributed by atoms with Gasteiger partial charge in [-0.1, -0.05) is 6.92 Å². The van der Waals surface area contributed by atoms with Gasteiger partial charge in [-0.15, -0.1) is 0 Å². The second-order valence-corrected chi connectivity index (χ2v) is 8.96. The highest BCUT2D eigenvalue weighted by Gasteiger charge is 2.46. The van der Waals surface area contributed by atoms with Gasteiger partial charge in [0.25, 0.3) is 0 Å². The molecule has 26 heavy (non-hydrogen) atoms. The third kappa shape index (κ3) is 4.79. The van der Waals surface area contributed by atoms with Crippen LogP contribution in [0.4, 0.5) is 8.78 Å². The van der Waals surface area contributed by atoms with Gasteiger partial charge in [-0.25, -0.2) is 17.2 Å². The first-order valence-electron chi connectivity index (χ1n) is 8.77. The summed E-state index contributed by atoms with van der Waals surface area (Å²) in [5.74, 6) is -1.28. The van der Waals surface area contributed by atoms with Gasteiger partial charge in [0.15, 0.2) is 0 Å². The van der Waals surface area contributed by atoms with E-state index in [-0.39, 0.29) is 36.5 Å². The predicted molar refractivity (Wildman–Crippen MR) is 96.1 cm³/mol. The zero-order chi connectivity index (χ0) is 19.5. The number of nitrogens with zero attached hydrogens (tertiary/aromatic N) is 1. The Labute approximate surface area is 153 Å². The van der Waals surface area contributed by atoms with Crippen LogP contribution in [0.25, 0.3) is 0 Å². The van der Waals surface area contributed by atoms with Crippen LogP contribution in [0.2, 0.25) is 0 Å². The SMILES string of the molecule is CCCN(Cc1cc(F)c(C2(CCC(=O)NC)CC2)cc1F)S(C)(=O)=O. The summed E-state index contributed by atoms with van der Waals surface area (Å²) in [5, 5.41) is 2.53. The minimum Gasteiger partial charge on any atom is -0.359 e. The van der Waals surface area contributed by atoms with E-state index in [1.54, 1.807) is 7.05 Å². The van der Waals surface area contributed by atoms with Crippen LogP contribution in [0.1, 0.15) is 50.2 Å². The Balaban J connectivity index is 2.24. The highest BCUT2D eigenvalue weighted by atomic mass is 32.2. The largest absolute Gasteiger partial charge is 0.359 e. The summed E-state index contributed by atoms with van der Waals surface area (Å²) in [6.45, 7) is 1.88. The molecule has 0 heterocycles. The van der Waals surface area contributed by atoms with Crippen molar-refractivity contribution in [3.63, 3.8) is 0 Å². The van der Waals surface area contributed by atoms with E-state index in [1.807, 2.05) is 6.92 Å². The molecule has 8 heteroatoms. The molecule has 0 saturated heterocycles. The lowest BCUT2D eigenvalue weighted by Crippen LogP contribution is -2.30. The van der Waals surface area contributed by atoms with E-state index < -0.39 is 27.1 Å². The molecule has 1 saturated carbocycles. The lowest BCUT2D eigenvalue weighted by Gasteiger charge is -2.21. The molecule has 0 bridgehead atoms. The molecular formula is C18H26F2N2O3S. The maximum atomic E-state index is 14.7. The molecule has 1 aromatic rings. The molecule has 1 N–H and O–H groups in total. The van der Waals surface area contributed by atoms with Gasteiger partial charge in [0.05, 0.1) is 6.26 Å². The summed E-state index contributed by atoms with van der Waals surface area (Å²) in [4.78, 5) is 11.5. The average Bonchev–Trinajstić information content (AvgIpc) is 3.35. The Morgan fingerprint density at radius 2 is 1.92 bits per heavy atom. The van der Waals surface area contributed by atoms with Crippen molar-refractivity contribution in [2.24, 2.45) is 0 Å². The molecule has 1 aromatic carbocycles. The summed E-state index contributed by atoms with van der Waals surface area (Å²) < 4.78 is 54.0. The topological polar surface area (TPSA) is 66.5 Å². The van der Waals surface area contributed by atoms with Crippen LogP contribution in [-0.4, -0.2) is 38.5 Å². The smallest absolute Gasteiger partial charge is 0.219 e. The van der Waals surface area contributed by atoms with Crippen LogP contribution < -0.4 is 5.32 Å². The van der Waals surface area contributed by atoms with Crippen molar-refractivity contribution in [2.75, 3.05) is 19.8 Å². The number of amides is 1. The molecule has 1 aliphatic rings. The molecule has 0 unspecified atom stereocenters. The van der Waals surface area contributed by atoms with E-state index in [2.05, 4.69) is 5.32 Å². The predicted octanol–water partition coefficient (Wildman–Crippen LogP) is 2.69. The summed E-state index contributed by atoms with van der Waals surface area (Å²) >= 11 is 0. The van der Waals surface area contributed by atoms with Gasteiger partial charge in [0, 0.05) is 32.1 Å². The first-order chi connectivity index (χ1) is 12.1. The van der Waals surface area contributed by atoms with E-state index in [1.165, 1.54) is 6.07 Å². The van der Waals surface area contributed by atoms with Crippen LogP contribution in [0.15, 0.2) is 12.1 Å². The van der Waals surface area contributed by atoms with Crippen LogP contribution in [0, 0.1) is 11.6 Å². The first kappa shape index (κ1) is 20.8. The summed E-state index contributed by atoms with van der Waals surface area (Å²) in [6, 6.07) is 2.27. The second-order valence-electron chi connectivity index (χ2n) is 6.97. The number of nitrogens with one attached hydrogen (secondary N) is 1. The zero-order valence-electron chi connectivity index (χ0n) is 15.4. The van der Waals surface area contributed by atoms with Crippen molar-refractivity contribution in [1.82, 2.24) is 9.62 Å². The van der Waals surface area contributed by atoms with Crippen molar-refractivity contribution in [2.45, 2.75) is 51.0 Å². The molecule has 1 aliphatic carbocycles. The van der Waals surface area contributed by atoms with Crippen LogP contribution in [0.3, 0.4) is 0 Å². The lowest BCUT2D eigenvalue weighted by atomic mass is 9.89. The highest BCUT2D eigenvalue weighted by Crippen LogP contribution is 2.52. The standard InChI is InChI=1S/C18H26F2N2O3S/c1-4-9-22(26(3,24)25)12-13-10-16(20)14(11-15(13)19)18(7-8-18)6-5-17(23)21-2/h10-11H,4-9,12H2,1-3H3,(H,21,23). The number of benzene rings is 1. The number of carbonyl (C=O) groups excluding carboxylic acids is 1. The summed E-state index contributed by atoms with van der Waals surface area (Å²) in [5.41, 5.74) is -0.188. The molecule has 0 radical (unpaired) electrons. The molecule has 5 nitrogen and oxygen atoms in total. The molecule has 0 aliphatic heterocycles. The minimum absolute atomic E-state index is 0.0206. The van der Waals surface area contributed by atoms with Crippen LogP contribution in [0.5, 0.6) is 0 Å². The third-order valence-electron chi connectivity index (χ3n) is 4.96. The molecule has 0 atom stereocenters. The fraction of sp³-hybridized carbons (Fsp3) is 0.611. The van der Waals surface area contributed by atoms with Crippen molar-refractivity contribution in [3.8, 4) is 0 Å². The van der Waals surface area contributed by atoms with Gasteiger partial charge in [-0.05, 0) is 48.8 Å². The normalized spacial score (nSPS) is 15.9. The van der Waals surface area contributed by atoms with Gasteiger partial charge in [0.2, 0.25) is 15.9 Å². The van der Waals surface area contributed by atoms with Crippen molar-refractivity contribution >= 4 is 15.9 Å². The van der Waals surface area contributed by atoms with Crippen molar-refractivity contribution in [3.05, 3.63) is 34.9 Å². The number of rotatable bonds is 9. The molecule has 2 rings (SSSR count). The lowest BCUT2D eigenvalue weighted by molar-refractivity contribution is -0.120. The van der Waals surface area contributed by atoms with Gasteiger partial charge in [-0.3, -0.25) is 4.79 Å². The number of carbonyl (C=O) groups is 1. The van der Waals surface area contributed by atoms with Gasteiger partial charge < -0.3 is 5.32 Å². The molecule has 0 spiro atoms. The Hall–Kier alpha value is -1.54. The Morgan fingerprint density at radius 3 is 2.42 bits per heavy atom. The molecule has 0 aromatic heterocycles. The average molecular weight is 388 g/mol. The highest BCUT2D eigenvalue weighted by molar-refractivity contribution is 7.88. The Morgan fingerprint density at radius 1 is 1.27 bits per heavy atom. The van der Waals surface area contributed by atoms with E-state index in [0.717, 1.165) is 16.6 Å². The Kier molecular flexibility index (Phi) is 6.39. The molecular weight excluding hydrogens is 362 g/mol. The fourth-order valence-electron chi connectivity index (χ4n) is 3.20. The van der Waals surface area contributed by atoms with E-state index in [4.69, 9.17) is 0 Å². The second kappa shape index (κ2) is 8.00. The van der Waals surface area contributed by atoms with Gasteiger partial charge in [-0.2, -0.15) is 4.31 Å². The number of hydrogen-bond donors (Lipinski definition) is 1. The molecule has 1 fully saturated rings. The monoisotopic (exact) mass is 388 g/mol. The van der Waals surface area contributed by atoms with Crippen LogP contribution >= 0.6 is 0 Å². The van der Waals surface area contributed by atoms with Crippen molar-refractivity contribution in [1.29, 1.82) is 0 Å². The third-order valence-corrected chi connectivity index (χ3v) is 6.21. The van der Waals surface area contributed by atoms with E-state index in [0.29, 0.717) is 25.7 Å². The van der Waals surface area contributed by atoms with E-state index >= 15 is 0 Å². The molecule has 146 valence electrons. The van der Waals surface area contributed by atoms with E-state index in [9.17, 15) is 22.0 Å².